The van der Waals surface area contributed by atoms with Crippen LogP contribution in [-0.2, 0) is 21.4 Å². The topological polar surface area (TPSA) is 96.3 Å². The Labute approximate surface area is 209 Å². The number of esters is 1. The summed E-state index contributed by atoms with van der Waals surface area (Å²) in [6, 6.07) is 10.3. The summed E-state index contributed by atoms with van der Waals surface area (Å²) in [5, 5.41) is 23.3. The van der Waals surface area contributed by atoms with E-state index in [2.05, 4.69) is 4.90 Å². The molecular formula is C29H29NO6. The van der Waals surface area contributed by atoms with Gasteiger partial charge in [-0.3, -0.25) is 9.69 Å². The van der Waals surface area contributed by atoms with Crippen LogP contribution in [0.25, 0.3) is 6.08 Å². The van der Waals surface area contributed by atoms with Gasteiger partial charge in [-0.1, -0.05) is 18.2 Å². The molecular weight excluding hydrogens is 458 g/mol. The van der Waals surface area contributed by atoms with Gasteiger partial charge in [0, 0.05) is 30.1 Å². The number of carbonyl (C=O) groups is 2. The van der Waals surface area contributed by atoms with Crippen LogP contribution in [0.5, 0.6) is 11.5 Å². The molecule has 2 heterocycles. The third kappa shape index (κ3) is 2.81. The predicted molar refractivity (Wildman–Crippen MR) is 131 cm³/mol. The van der Waals surface area contributed by atoms with Crippen molar-refractivity contribution in [3.8, 4) is 11.5 Å². The van der Waals surface area contributed by atoms with Crippen molar-refractivity contribution in [3.05, 3.63) is 64.2 Å². The van der Waals surface area contributed by atoms with Crippen molar-refractivity contribution >= 4 is 17.8 Å². The molecule has 4 atom stereocenters. The molecule has 2 aliphatic heterocycles. The van der Waals surface area contributed by atoms with Crippen LogP contribution in [0.4, 0.5) is 0 Å². The number of hydrogen-bond donors (Lipinski definition) is 2. The second-order valence-corrected chi connectivity index (χ2v) is 11.1. The van der Waals surface area contributed by atoms with Gasteiger partial charge in [-0.05, 0) is 73.5 Å². The van der Waals surface area contributed by atoms with E-state index < -0.39 is 23.1 Å². The van der Waals surface area contributed by atoms with E-state index in [9.17, 15) is 19.8 Å². The number of hydrogen-bond acceptors (Lipinski definition) is 7. The second kappa shape index (κ2) is 7.43. The van der Waals surface area contributed by atoms with Crippen molar-refractivity contribution in [2.75, 3.05) is 20.2 Å². The second-order valence-electron chi connectivity index (χ2n) is 11.1. The van der Waals surface area contributed by atoms with Crippen molar-refractivity contribution < 1.29 is 29.3 Å². The molecule has 1 saturated heterocycles. The van der Waals surface area contributed by atoms with Gasteiger partial charge in [0.05, 0.1) is 23.7 Å². The van der Waals surface area contributed by atoms with Crippen LogP contribution >= 0.6 is 0 Å². The van der Waals surface area contributed by atoms with E-state index in [1.807, 2.05) is 6.07 Å². The Morgan fingerprint density at radius 2 is 2.00 bits per heavy atom. The normalized spacial score (nSPS) is 33.3. The lowest BCUT2D eigenvalue weighted by atomic mass is 9.48. The molecule has 2 saturated carbocycles. The molecule has 186 valence electrons. The molecule has 2 aromatic carbocycles. The van der Waals surface area contributed by atoms with E-state index in [0.29, 0.717) is 35.6 Å². The van der Waals surface area contributed by atoms with Gasteiger partial charge < -0.3 is 19.7 Å². The number of nitrogens with zero attached hydrogens (tertiary/aromatic N) is 1. The molecule has 2 aromatic rings. The molecule has 7 rings (SSSR count). The van der Waals surface area contributed by atoms with E-state index in [0.717, 1.165) is 29.8 Å². The lowest BCUT2D eigenvalue weighted by Crippen LogP contribution is -2.77. The Balaban J connectivity index is 1.34. The van der Waals surface area contributed by atoms with Crippen LogP contribution in [0, 0.1) is 5.92 Å². The molecule has 0 radical (unpaired) electrons. The first-order valence-corrected chi connectivity index (χ1v) is 12.8. The molecule has 7 nitrogen and oxygen atoms in total. The SMILES string of the molecule is COC(=O)c1ccc(/C=C2/C[C@@]3(O)C4Cc5ccc(O)c6c5C3(CCN4CC3CC3)[C@@H](O6)C2=O)cc1. The van der Waals surface area contributed by atoms with Gasteiger partial charge in [-0.15, -0.1) is 0 Å². The van der Waals surface area contributed by atoms with Crippen LogP contribution < -0.4 is 4.74 Å². The first-order chi connectivity index (χ1) is 17.4. The number of piperidine rings is 1. The van der Waals surface area contributed by atoms with Gasteiger partial charge in [0.15, 0.2) is 23.4 Å². The Kier molecular flexibility index (Phi) is 4.56. The zero-order valence-electron chi connectivity index (χ0n) is 20.2. The number of methoxy groups -OCH3 is 1. The number of phenolic OH excluding ortho intramolecular Hbond substituents is 1. The van der Waals surface area contributed by atoms with Gasteiger partial charge in [-0.2, -0.15) is 0 Å². The van der Waals surface area contributed by atoms with Crippen molar-refractivity contribution in [2.24, 2.45) is 5.92 Å². The van der Waals surface area contributed by atoms with Crippen LogP contribution in [0.15, 0.2) is 42.0 Å². The molecule has 0 amide bonds. The summed E-state index contributed by atoms with van der Waals surface area (Å²) in [5.41, 5.74) is 1.57. The highest BCUT2D eigenvalue weighted by Crippen LogP contribution is 2.65. The maximum atomic E-state index is 13.9. The summed E-state index contributed by atoms with van der Waals surface area (Å²) in [6.07, 6.45) is 4.91. The quantitative estimate of drug-likeness (QED) is 0.506. The lowest BCUT2D eigenvalue weighted by molar-refractivity contribution is -0.179. The van der Waals surface area contributed by atoms with Gasteiger partial charge >= 0.3 is 5.97 Å². The highest BCUT2D eigenvalue weighted by atomic mass is 16.5. The number of ether oxygens (including phenoxy) is 2. The van der Waals surface area contributed by atoms with Crippen LogP contribution in [0.2, 0.25) is 0 Å². The van der Waals surface area contributed by atoms with Crippen molar-refractivity contribution in [1.82, 2.24) is 4.90 Å². The fourth-order valence-corrected chi connectivity index (χ4v) is 7.34. The first-order valence-electron chi connectivity index (χ1n) is 12.8. The Morgan fingerprint density at radius 3 is 2.72 bits per heavy atom. The van der Waals surface area contributed by atoms with Gasteiger partial charge in [-0.25, -0.2) is 4.79 Å². The van der Waals surface area contributed by atoms with E-state index in [-0.39, 0.29) is 24.0 Å². The Hall–Kier alpha value is -3.16. The molecule has 36 heavy (non-hydrogen) atoms. The molecule has 2 bridgehead atoms. The number of ketones is 1. The highest BCUT2D eigenvalue weighted by molar-refractivity contribution is 6.06. The number of phenols is 1. The van der Waals surface area contributed by atoms with Gasteiger partial charge in [0.1, 0.15) is 0 Å². The summed E-state index contributed by atoms with van der Waals surface area (Å²) in [4.78, 5) is 28.2. The maximum Gasteiger partial charge on any atom is 0.337 e. The minimum absolute atomic E-state index is 0.0236. The maximum absolute atomic E-state index is 13.9. The molecule has 3 fully saturated rings. The van der Waals surface area contributed by atoms with E-state index in [1.165, 1.54) is 20.0 Å². The smallest absolute Gasteiger partial charge is 0.337 e. The minimum atomic E-state index is -1.19. The average Bonchev–Trinajstić information content (AvgIpc) is 3.62. The number of benzene rings is 2. The van der Waals surface area contributed by atoms with Gasteiger partial charge in [0.2, 0.25) is 0 Å². The van der Waals surface area contributed by atoms with Crippen LogP contribution in [0.1, 0.15) is 52.7 Å². The summed E-state index contributed by atoms with van der Waals surface area (Å²) in [5.74, 6) is 0.508. The highest BCUT2D eigenvalue weighted by Gasteiger charge is 2.74. The zero-order valence-corrected chi connectivity index (χ0v) is 20.2. The monoisotopic (exact) mass is 487 g/mol. The van der Waals surface area contributed by atoms with Crippen molar-refractivity contribution in [1.29, 1.82) is 0 Å². The Morgan fingerprint density at radius 1 is 1.22 bits per heavy atom. The minimum Gasteiger partial charge on any atom is -0.504 e. The lowest BCUT2D eigenvalue weighted by Gasteiger charge is -2.62. The molecule has 0 aromatic heterocycles. The molecule has 3 aliphatic carbocycles. The largest absolute Gasteiger partial charge is 0.504 e. The zero-order chi connectivity index (χ0) is 24.8. The van der Waals surface area contributed by atoms with E-state index in [4.69, 9.17) is 9.47 Å². The molecule has 2 N–H and O–H groups in total. The predicted octanol–water partition coefficient (Wildman–Crippen LogP) is 3.01. The third-order valence-electron chi connectivity index (χ3n) is 9.20. The van der Waals surface area contributed by atoms with Crippen molar-refractivity contribution in [3.63, 3.8) is 0 Å². The van der Waals surface area contributed by atoms with Gasteiger partial charge in [0.25, 0.3) is 0 Å². The van der Waals surface area contributed by atoms with E-state index >= 15 is 0 Å². The summed E-state index contributed by atoms with van der Waals surface area (Å²) in [6.45, 7) is 1.77. The standard InChI is InChI=1S/C29H29NO6/c1-35-27(33)18-6-4-16(5-7-18)12-20-14-29(34)22-13-19-8-9-21(31)25-23(19)28(29,26(36-25)24(20)32)10-11-30(22)15-17-2-3-17/h4-9,12,17,22,26,31,34H,2-3,10-11,13-15H2,1H3/b20-12-/t22?,26-,28?,29+/m0/s1. The number of likely N-dealkylation sites (tertiary alicyclic amines) is 1. The number of carbonyl (C=O) groups excluding carboxylic acids is 2. The number of rotatable bonds is 4. The molecule has 5 aliphatic rings. The first kappa shape index (κ1) is 22.1. The summed E-state index contributed by atoms with van der Waals surface area (Å²) in [7, 11) is 1.34. The number of Topliss-reactive ketones (excluding diaryl/α,β-unsaturated/α-hetero) is 1. The number of aliphatic hydroxyl groups is 1. The fourth-order valence-electron chi connectivity index (χ4n) is 7.34. The third-order valence-corrected chi connectivity index (χ3v) is 9.20. The molecule has 7 heteroatoms. The molecule has 1 spiro atoms. The van der Waals surface area contributed by atoms with Crippen LogP contribution in [0.3, 0.4) is 0 Å². The fraction of sp³-hybridized carbons (Fsp3) is 0.448. The van der Waals surface area contributed by atoms with Crippen LogP contribution in [-0.4, -0.2) is 64.8 Å². The molecule has 2 unspecified atom stereocenters. The number of aromatic hydroxyl groups is 1. The average molecular weight is 488 g/mol. The summed E-state index contributed by atoms with van der Waals surface area (Å²) < 4.78 is 11.0. The summed E-state index contributed by atoms with van der Waals surface area (Å²) >= 11 is 0. The van der Waals surface area contributed by atoms with E-state index in [1.54, 1.807) is 36.4 Å². The Bertz CT molecular complexity index is 1330. The van der Waals surface area contributed by atoms with Crippen molar-refractivity contribution in [2.45, 2.75) is 55.3 Å².